The van der Waals surface area contributed by atoms with Gasteiger partial charge < -0.3 is 14.3 Å². The summed E-state index contributed by atoms with van der Waals surface area (Å²) in [6.45, 7) is 9.48. The largest absolute Gasteiger partial charge is 0.338 e. The van der Waals surface area contributed by atoms with Crippen molar-refractivity contribution in [3.8, 4) is 0 Å². The molecule has 0 rings (SSSR count). The maximum Gasteiger partial charge on any atom is 0.338 e. The van der Waals surface area contributed by atoms with Crippen molar-refractivity contribution in [1.82, 2.24) is 0 Å². The van der Waals surface area contributed by atoms with Crippen molar-refractivity contribution in [1.29, 1.82) is 0 Å². The van der Waals surface area contributed by atoms with Gasteiger partial charge in [0.2, 0.25) is 7.37 Å². The number of rotatable bonds is 12. The van der Waals surface area contributed by atoms with Crippen molar-refractivity contribution in [2.75, 3.05) is 13.3 Å². The monoisotopic (exact) mass is 380 g/mol. The van der Waals surface area contributed by atoms with E-state index in [1.165, 1.54) is 17.8 Å². The smallest absolute Gasteiger partial charge is 0.328 e. The molecule has 0 radical (unpaired) electrons. The van der Waals surface area contributed by atoms with Gasteiger partial charge in [0.1, 0.15) is 5.40 Å². The van der Waals surface area contributed by atoms with Crippen LogP contribution in [0.25, 0.3) is 0 Å². The van der Waals surface area contributed by atoms with E-state index in [-0.39, 0.29) is 13.0 Å². The van der Waals surface area contributed by atoms with Crippen molar-refractivity contribution in [3.63, 3.8) is 0 Å². The molecule has 7 heteroatoms. The fourth-order valence-electron chi connectivity index (χ4n) is 2.53. The summed E-state index contributed by atoms with van der Waals surface area (Å²) in [5.74, 6) is 0. The van der Waals surface area contributed by atoms with Crippen LogP contribution in [0.5, 0.6) is 0 Å². The molecule has 0 aromatic heterocycles. The second-order valence-corrected chi connectivity index (χ2v) is 11.5. The van der Waals surface area contributed by atoms with Gasteiger partial charge in [-0.25, -0.2) is 0 Å². The highest BCUT2D eigenvalue weighted by molar-refractivity contribution is 7.74. The second-order valence-electron chi connectivity index (χ2n) is 6.55. The first-order chi connectivity index (χ1) is 11.0. The lowest BCUT2D eigenvalue weighted by Crippen LogP contribution is -2.11. The molecule has 0 fully saturated rings. The summed E-state index contributed by atoms with van der Waals surface area (Å²) in [6.07, 6.45) is 9.01. The molecule has 0 saturated heterocycles. The number of hydrogen-bond donors (Lipinski definition) is 2. The van der Waals surface area contributed by atoms with Crippen molar-refractivity contribution in [2.45, 2.75) is 71.6 Å². The van der Waals surface area contributed by atoms with Crippen LogP contribution in [-0.4, -0.2) is 28.5 Å². The lowest BCUT2D eigenvalue weighted by molar-refractivity contribution is 0.320. The Balaban J connectivity index is 4.38. The molecule has 0 aliphatic carbocycles. The highest BCUT2D eigenvalue weighted by atomic mass is 31.2. The van der Waals surface area contributed by atoms with Gasteiger partial charge in [-0.3, -0.25) is 9.13 Å². The molecule has 0 heterocycles. The van der Waals surface area contributed by atoms with Crippen LogP contribution in [0.4, 0.5) is 0 Å². The Morgan fingerprint density at radius 1 is 1.08 bits per heavy atom. The lowest BCUT2D eigenvalue weighted by atomic mass is 10.1. The average Bonchev–Trinajstić information content (AvgIpc) is 2.40. The van der Waals surface area contributed by atoms with E-state index in [9.17, 15) is 18.9 Å². The average molecular weight is 380 g/mol. The fraction of sp³-hybridized carbons (Fsp3) is 0.765. The quantitative estimate of drug-likeness (QED) is 0.258. The van der Waals surface area contributed by atoms with Crippen LogP contribution in [-0.2, 0) is 13.7 Å². The van der Waals surface area contributed by atoms with E-state index < -0.39 is 20.4 Å². The van der Waals surface area contributed by atoms with Crippen LogP contribution in [0.3, 0.4) is 0 Å². The molecule has 2 N–H and O–H groups in total. The van der Waals surface area contributed by atoms with Crippen LogP contribution in [0.1, 0.15) is 66.2 Å². The topological polar surface area (TPSA) is 83.8 Å². The standard InChI is InChI=1S/C17H34O5P2/c1-6-22-23(5,18)17(24(19,20)21)14-9-7-8-12-16(4)13-10-11-15(2)3/h11-12,17H,6-10,13-14H2,1-5H3,(H2,19,20,21). The molecule has 0 aliphatic heterocycles. The van der Waals surface area contributed by atoms with E-state index in [0.717, 1.165) is 25.7 Å². The third-order valence-corrected chi connectivity index (χ3v) is 9.12. The summed E-state index contributed by atoms with van der Waals surface area (Å²) in [5, 5.41) is -1.19. The first kappa shape index (κ1) is 23.8. The Bertz CT molecular complexity index is 515. The van der Waals surface area contributed by atoms with Crippen LogP contribution in [0.2, 0.25) is 0 Å². The van der Waals surface area contributed by atoms with Gasteiger partial charge in [-0.15, -0.1) is 0 Å². The minimum absolute atomic E-state index is 0.192. The molecule has 0 amide bonds. The summed E-state index contributed by atoms with van der Waals surface area (Å²) in [7, 11) is -7.73. The van der Waals surface area contributed by atoms with Gasteiger partial charge in [-0.05, 0) is 59.8 Å². The summed E-state index contributed by atoms with van der Waals surface area (Å²) in [6, 6.07) is 0. The van der Waals surface area contributed by atoms with Gasteiger partial charge in [0.25, 0.3) is 0 Å². The van der Waals surface area contributed by atoms with E-state index in [1.807, 2.05) is 0 Å². The molecule has 0 aromatic carbocycles. The van der Waals surface area contributed by atoms with E-state index in [1.54, 1.807) is 6.92 Å². The molecule has 5 nitrogen and oxygen atoms in total. The molecule has 0 bridgehead atoms. The molecule has 0 spiro atoms. The summed E-state index contributed by atoms with van der Waals surface area (Å²) < 4.78 is 29.1. The molecule has 24 heavy (non-hydrogen) atoms. The van der Waals surface area contributed by atoms with Crippen LogP contribution >= 0.6 is 15.0 Å². The van der Waals surface area contributed by atoms with Gasteiger partial charge in [-0.2, -0.15) is 0 Å². The number of unbranched alkanes of at least 4 members (excludes halogenated alkanes) is 2. The van der Waals surface area contributed by atoms with Crippen molar-refractivity contribution < 1.29 is 23.4 Å². The highest BCUT2D eigenvalue weighted by Crippen LogP contribution is 2.64. The Morgan fingerprint density at radius 3 is 2.21 bits per heavy atom. The van der Waals surface area contributed by atoms with Crippen LogP contribution in [0.15, 0.2) is 23.3 Å². The van der Waals surface area contributed by atoms with E-state index >= 15 is 0 Å². The summed E-state index contributed by atoms with van der Waals surface area (Å²) in [5.41, 5.74) is 2.65. The van der Waals surface area contributed by atoms with Gasteiger partial charge in [0.15, 0.2) is 0 Å². The molecule has 0 aliphatic rings. The van der Waals surface area contributed by atoms with Gasteiger partial charge in [0.05, 0.1) is 6.61 Å². The SMILES string of the molecule is CCOP(C)(=O)C(CCCCC=C(C)CCC=C(C)C)P(=O)(O)O. The Labute approximate surface area is 147 Å². The first-order valence-electron chi connectivity index (χ1n) is 8.56. The molecular formula is C17H34O5P2. The molecule has 142 valence electrons. The Morgan fingerprint density at radius 2 is 1.71 bits per heavy atom. The van der Waals surface area contributed by atoms with Gasteiger partial charge in [-0.1, -0.05) is 29.7 Å². The van der Waals surface area contributed by atoms with Gasteiger partial charge >= 0.3 is 7.60 Å². The van der Waals surface area contributed by atoms with Crippen LogP contribution in [0, 0.1) is 0 Å². The minimum Gasteiger partial charge on any atom is -0.328 e. The number of allylic oxidation sites excluding steroid dienone is 4. The van der Waals surface area contributed by atoms with Crippen molar-refractivity contribution in [2.24, 2.45) is 0 Å². The fourth-order valence-corrected chi connectivity index (χ4v) is 6.77. The zero-order valence-corrected chi connectivity index (χ0v) is 17.5. The third kappa shape index (κ3) is 10.6. The third-order valence-electron chi connectivity index (χ3n) is 3.82. The van der Waals surface area contributed by atoms with Gasteiger partial charge in [0, 0.05) is 6.66 Å². The van der Waals surface area contributed by atoms with E-state index in [0.29, 0.717) is 6.42 Å². The molecule has 2 unspecified atom stereocenters. The first-order valence-corrected chi connectivity index (χ1v) is 12.4. The maximum absolute atomic E-state index is 12.4. The predicted octanol–water partition coefficient (Wildman–Crippen LogP) is 5.69. The molecular weight excluding hydrogens is 346 g/mol. The van der Waals surface area contributed by atoms with E-state index in [4.69, 9.17) is 4.52 Å². The summed E-state index contributed by atoms with van der Waals surface area (Å²) in [4.78, 5) is 18.9. The number of hydrogen-bond acceptors (Lipinski definition) is 3. The zero-order valence-electron chi connectivity index (χ0n) is 15.7. The highest BCUT2D eigenvalue weighted by Gasteiger charge is 2.41. The Hall–Kier alpha value is -0.180. The molecule has 0 aromatic rings. The van der Waals surface area contributed by atoms with Crippen LogP contribution < -0.4 is 0 Å². The van der Waals surface area contributed by atoms with E-state index in [2.05, 4.69) is 32.9 Å². The molecule has 0 saturated carbocycles. The Kier molecular flexibility index (Phi) is 11.4. The predicted molar refractivity (Wildman–Crippen MR) is 102 cm³/mol. The van der Waals surface area contributed by atoms with Crippen molar-refractivity contribution in [3.05, 3.63) is 23.3 Å². The minimum atomic E-state index is -4.43. The zero-order chi connectivity index (χ0) is 18.8. The molecule has 2 atom stereocenters. The normalized spacial score (nSPS) is 16.5. The maximum atomic E-state index is 12.4. The second kappa shape index (κ2) is 11.4. The van der Waals surface area contributed by atoms with Crippen molar-refractivity contribution >= 4 is 15.0 Å². The summed E-state index contributed by atoms with van der Waals surface area (Å²) >= 11 is 0. The lowest BCUT2D eigenvalue weighted by Gasteiger charge is -2.24.